The molecule has 78 valence electrons. The minimum absolute atomic E-state index is 0.777. The first-order chi connectivity index (χ1) is 7.27. The lowest BCUT2D eigenvalue weighted by atomic mass is 10.1. The number of nitrogens with zero attached hydrogens (tertiary/aromatic N) is 3. The molecule has 2 aromatic heterocycles. The molecule has 0 saturated carbocycles. The molecule has 4 heteroatoms. The highest BCUT2D eigenvalue weighted by Gasteiger charge is 2.00. The third kappa shape index (κ3) is 2.15. The van der Waals surface area contributed by atoms with Crippen LogP contribution in [0.3, 0.4) is 0 Å². The summed E-state index contributed by atoms with van der Waals surface area (Å²) in [6, 6.07) is 2.02. The van der Waals surface area contributed by atoms with Crippen LogP contribution in [-0.4, -0.2) is 14.5 Å². The molecule has 2 heterocycles. The van der Waals surface area contributed by atoms with Crippen LogP contribution in [0.1, 0.15) is 11.1 Å². The Morgan fingerprint density at radius 1 is 1.40 bits per heavy atom. The third-order valence-electron chi connectivity index (χ3n) is 2.39. The molecule has 0 aromatic carbocycles. The summed E-state index contributed by atoms with van der Waals surface area (Å²) in [6.45, 7) is 2.83. The van der Waals surface area contributed by atoms with Crippen molar-refractivity contribution in [1.29, 1.82) is 0 Å². The van der Waals surface area contributed by atoms with Gasteiger partial charge in [0, 0.05) is 38.4 Å². The van der Waals surface area contributed by atoms with Gasteiger partial charge in [-0.15, -0.1) is 0 Å². The van der Waals surface area contributed by atoms with E-state index in [2.05, 4.69) is 22.2 Å². The van der Waals surface area contributed by atoms with Crippen LogP contribution in [0.15, 0.2) is 30.9 Å². The van der Waals surface area contributed by atoms with Gasteiger partial charge in [-0.05, 0) is 24.1 Å². The lowest BCUT2D eigenvalue weighted by molar-refractivity contribution is 0.898. The molecule has 0 aliphatic carbocycles. The quantitative estimate of drug-likeness (QED) is 0.824. The first-order valence-electron chi connectivity index (χ1n) is 4.88. The molecule has 1 N–H and O–H groups in total. The van der Waals surface area contributed by atoms with Gasteiger partial charge in [0.1, 0.15) is 0 Å². The number of hydrogen-bond acceptors (Lipinski definition) is 3. The first-order valence-corrected chi connectivity index (χ1v) is 4.88. The molecule has 2 aromatic rings. The average Bonchev–Trinajstić information content (AvgIpc) is 2.63. The van der Waals surface area contributed by atoms with Crippen molar-refractivity contribution in [2.75, 3.05) is 5.32 Å². The fraction of sp³-hybridized carbons (Fsp3) is 0.273. The second-order valence-electron chi connectivity index (χ2n) is 3.52. The number of hydrogen-bond donors (Lipinski definition) is 1. The Hall–Kier alpha value is -1.84. The standard InChI is InChI=1S/C11H14N4/c1-9-7-12-4-3-10(9)8-14-11-13-5-6-15(11)2/h3-7H,8H2,1-2H3,(H,13,14). The van der Waals surface area contributed by atoms with Crippen LogP contribution in [0.2, 0.25) is 0 Å². The molecule has 15 heavy (non-hydrogen) atoms. The Morgan fingerprint density at radius 2 is 2.27 bits per heavy atom. The highest BCUT2D eigenvalue weighted by atomic mass is 15.2. The topological polar surface area (TPSA) is 42.7 Å². The zero-order chi connectivity index (χ0) is 10.7. The fourth-order valence-corrected chi connectivity index (χ4v) is 1.41. The Bertz CT molecular complexity index is 447. The molecule has 0 bridgehead atoms. The van der Waals surface area contributed by atoms with E-state index in [-0.39, 0.29) is 0 Å². The molecule has 0 amide bonds. The molecule has 4 nitrogen and oxygen atoms in total. The summed E-state index contributed by atoms with van der Waals surface area (Å²) in [7, 11) is 1.97. The van der Waals surface area contributed by atoms with Crippen molar-refractivity contribution in [1.82, 2.24) is 14.5 Å². The van der Waals surface area contributed by atoms with Crippen LogP contribution in [0.25, 0.3) is 0 Å². The number of aromatic nitrogens is 3. The Kier molecular flexibility index (Phi) is 2.67. The Morgan fingerprint density at radius 3 is 2.93 bits per heavy atom. The van der Waals surface area contributed by atoms with Gasteiger partial charge in [0.25, 0.3) is 0 Å². The van der Waals surface area contributed by atoms with Crippen LogP contribution < -0.4 is 5.32 Å². The van der Waals surface area contributed by atoms with Crippen molar-refractivity contribution in [3.05, 3.63) is 42.0 Å². The summed E-state index contributed by atoms with van der Waals surface area (Å²) in [6.07, 6.45) is 7.38. The van der Waals surface area contributed by atoms with Gasteiger partial charge in [-0.1, -0.05) is 0 Å². The molecule has 0 aliphatic heterocycles. The van der Waals surface area contributed by atoms with E-state index >= 15 is 0 Å². The smallest absolute Gasteiger partial charge is 0.202 e. The first kappa shape index (κ1) is 9.71. The molecule has 0 unspecified atom stereocenters. The molecule has 0 aliphatic rings. The van der Waals surface area contributed by atoms with Crippen molar-refractivity contribution in [2.45, 2.75) is 13.5 Å². The van der Waals surface area contributed by atoms with Crippen LogP contribution in [0.5, 0.6) is 0 Å². The number of pyridine rings is 1. The van der Waals surface area contributed by atoms with E-state index in [1.165, 1.54) is 11.1 Å². The maximum Gasteiger partial charge on any atom is 0.202 e. The highest BCUT2D eigenvalue weighted by Crippen LogP contribution is 2.08. The molecule has 0 saturated heterocycles. The monoisotopic (exact) mass is 202 g/mol. The van der Waals surface area contributed by atoms with E-state index in [0.717, 1.165) is 12.5 Å². The maximum atomic E-state index is 4.20. The van der Waals surface area contributed by atoms with Crippen LogP contribution in [0, 0.1) is 6.92 Å². The van der Waals surface area contributed by atoms with E-state index in [9.17, 15) is 0 Å². The lowest BCUT2D eigenvalue weighted by Crippen LogP contribution is -2.05. The second-order valence-corrected chi connectivity index (χ2v) is 3.52. The van der Waals surface area contributed by atoms with E-state index in [0.29, 0.717) is 0 Å². The normalized spacial score (nSPS) is 10.3. The minimum atomic E-state index is 0.777. The molecule has 2 rings (SSSR count). The van der Waals surface area contributed by atoms with E-state index < -0.39 is 0 Å². The van der Waals surface area contributed by atoms with Crippen molar-refractivity contribution in [3.8, 4) is 0 Å². The number of nitrogens with one attached hydrogen (secondary N) is 1. The Labute approximate surface area is 89.0 Å². The van der Waals surface area contributed by atoms with Gasteiger partial charge in [-0.2, -0.15) is 0 Å². The molecular weight excluding hydrogens is 188 g/mol. The van der Waals surface area contributed by atoms with Crippen LogP contribution in [0.4, 0.5) is 5.95 Å². The Balaban J connectivity index is 2.06. The number of rotatable bonds is 3. The fourth-order valence-electron chi connectivity index (χ4n) is 1.41. The van der Waals surface area contributed by atoms with Crippen molar-refractivity contribution >= 4 is 5.95 Å². The SMILES string of the molecule is Cc1cnccc1CNc1nccn1C. The third-order valence-corrected chi connectivity index (χ3v) is 2.39. The van der Waals surface area contributed by atoms with Gasteiger partial charge in [0.15, 0.2) is 0 Å². The average molecular weight is 202 g/mol. The molecule has 0 fully saturated rings. The van der Waals surface area contributed by atoms with Crippen LogP contribution in [-0.2, 0) is 13.6 Å². The minimum Gasteiger partial charge on any atom is -0.352 e. The summed E-state index contributed by atoms with van der Waals surface area (Å²) in [5, 5.41) is 3.27. The molecule has 0 atom stereocenters. The second kappa shape index (κ2) is 4.13. The molecular formula is C11H14N4. The zero-order valence-electron chi connectivity index (χ0n) is 8.94. The van der Waals surface area contributed by atoms with E-state index in [4.69, 9.17) is 0 Å². The number of aryl methyl sites for hydroxylation is 2. The zero-order valence-corrected chi connectivity index (χ0v) is 8.94. The lowest BCUT2D eigenvalue weighted by Gasteiger charge is -2.07. The number of anilines is 1. The van der Waals surface area contributed by atoms with Crippen molar-refractivity contribution < 1.29 is 0 Å². The van der Waals surface area contributed by atoms with Gasteiger partial charge >= 0.3 is 0 Å². The van der Waals surface area contributed by atoms with E-state index in [1.54, 1.807) is 6.20 Å². The molecule has 0 spiro atoms. The predicted octanol–water partition coefficient (Wildman–Crippen LogP) is 1.74. The highest BCUT2D eigenvalue weighted by molar-refractivity contribution is 5.30. The maximum absolute atomic E-state index is 4.20. The van der Waals surface area contributed by atoms with E-state index in [1.807, 2.05) is 36.3 Å². The summed E-state index contributed by atoms with van der Waals surface area (Å²) in [4.78, 5) is 8.26. The summed E-state index contributed by atoms with van der Waals surface area (Å²) < 4.78 is 1.95. The predicted molar refractivity (Wildman–Crippen MR) is 59.5 cm³/mol. The summed E-state index contributed by atoms with van der Waals surface area (Å²) >= 11 is 0. The van der Waals surface area contributed by atoms with Crippen molar-refractivity contribution in [2.24, 2.45) is 7.05 Å². The molecule has 0 radical (unpaired) electrons. The number of imidazole rings is 1. The van der Waals surface area contributed by atoms with Gasteiger partial charge in [0.05, 0.1) is 0 Å². The summed E-state index contributed by atoms with van der Waals surface area (Å²) in [5.74, 6) is 0.881. The van der Waals surface area contributed by atoms with Crippen LogP contribution >= 0.6 is 0 Å². The summed E-state index contributed by atoms with van der Waals surface area (Å²) in [5.41, 5.74) is 2.44. The van der Waals surface area contributed by atoms with Gasteiger partial charge in [-0.25, -0.2) is 4.98 Å². The van der Waals surface area contributed by atoms with Gasteiger partial charge in [-0.3, -0.25) is 4.98 Å². The largest absolute Gasteiger partial charge is 0.352 e. The van der Waals surface area contributed by atoms with Gasteiger partial charge in [0.2, 0.25) is 5.95 Å². The van der Waals surface area contributed by atoms with Gasteiger partial charge < -0.3 is 9.88 Å². The van der Waals surface area contributed by atoms with Crippen molar-refractivity contribution in [3.63, 3.8) is 0 Å².